The van der Waals surface area contributed by atoms with Gasteiger partial charge in [-0.2, -0.15) is 0 Å². The van der Waals surface area contributed by atoms with Crippen molar-refractivity contribution in [3.63, 3.8) is 0 Å². The van der Waals surface area contributed by atoms with Crippen LogP contribution in [0, 0.1) is 0 Å². The smallest absolute Gasteiger partial charge is 0.283 e. The van der Waals surface area contributed by atoms with Gasteiger partial charge in [0.15, 0.2) is 5.84 Å². The molecule has 0 unspecified atom stereocenters. The van der Waals surface area contributed by atoms with Gasteiger partial charge in [-0.15, -0.1) is 11.3 Å². The minimum atomic E-state index is -0.270. The fourth-order valence-corrected chi connectivity index (χ4v) is 7.13. The van der Waals surface area contributed by atoms with Crippen molar-refractivity contribution in [2.75, 3.05) is 17.0 Å². The summed E-state index contributed by atoms with van der Waals surface area (Å²) in [5, 5.41) is 2.92. The molecule has 1 saturated heterocycles. The number of aromatic nitrogens is 1. The zero-order chi connectivity index (χ0) is 26.4. The molecule has 10 heteroatoms. The van der Waals surface area contributed by atoms with Gasteiger partial charge in [-0.05, 0) is 49.4 Å². The summed E-state index contributed by atoms with van der Waals surface area (Å²) < 4.78 is 2.79. The highest BCUT2D eigenvalue weighted by atomic mass is 35.5. The standard InChI is InChI=1S/C28H22ClN5O2S2/c1-3-33-26(36)23(28-32(2)20-16-17(29)14-15-21(20)37-28)38-27(33)22-24(30-18-10-6-4-7-11-18)31-34(25(22)35)19-12-8-5-9-13-19/h4-16H,3H2,1-2H3,(H,30,31)/b27-22?,28-23-. The number of benzene rings is 3. The maximum Gasteiger partial charge on any atom is 0.283 e. The lowest BCUT2D eigenvalue weighted by atomic mass is 10.2. The van der Waals surface area contributed by atoms with Crippen LogP contribution in [-0.4, -0.2) is 23.4 Å². The number of anilines is 2. The monoisotopic (exact) mass is 559 g/mol. The molecule has 0 bridgehead atoms. The van der Waals surface area contributed by atoms with E-state index < -0.39 is 0 Å². The topological polar surface area (TPSA) is 69.9 Å². The van der Waals surface area contributed by atoms with Crippen molar-refractivity contribution in [3.8, 4) is 0 Å². The van der Waals surface area contributed by atoms with Crippen LogP contribution in [0.25, 0.3) is 10.6 Å². The minimum absolute atomic E-state index is 0.140. The van der Waals surface area contributed by atoms with Crippen LogP contribution in [0.15, 0.2) is 93.5 Å². The number of nitrogens with one attached hydrogen (secondary N) is 1. The lowest BCUT2D eigenvalue weighted by Gasteiger charge is -2.14. The first kappa shape index (κ1) is 24.5. The predicted molar refractivity (Wildman–Crippen MR) is 157 cm³/mol. The number of carbonyl (C=O) groups excluding carboxylic acids is 1. The third kappa shape index (κ3) is 4.13. The van der Waals surface area contributed by atoms with Gasteiger partial charge in [-0.1, -0.05) is 59.8 Å². The fourth-order valence-electron chi connectivity index (χ4n) is 4.43. The van der Waals surface area contributed by atoms with Crippen molar-refractivity contribution in [2.45, 2.75) is 18.4 Å². The van der Waals surface area contributed by atoms with Crippen LogP contribution in [-0.2, 0) is 11.3 Å². The summed E-state index contributed by atoms with van der Waals surface area (Å²) in [4.78, 5) is 35.4. The molecule has 0 saturated carbocycles. The van der Waals surface area contributed by atoms with Crippen molar-refractivity contribution >= 4 is 74.1 Å². The normalized spacial score (nSPS) is 18.8. The van der Waals surface area contributed by atoms with Gasteiger partial charge in [0.2, 0.25) is 0 Å². The van der Waals surface area contributed by atoms with Gasteiger partial charge in [-0.3, -0.25) is 19.6 Å². The summed E-state index contributed by atoms with van der Waals surface area (Å²) in [7, 11) is 1.93. The molecule has 1 amide bonds. The zero-order valence-corrected chi connectivity index (χ0v) is 22.9. The molecule has 1 aromatic heterocycles. The largest absolute Gasteiger partial charge is 0.337 e. The number of hydrogen-bond acceptors (Lipinski definition) is 6. The Morgan fingerprint density at radius 1 is 0.974 bits per heavy atom. The van der Waals surface area contributed by atoms with Crippen molar-refractivity contribution in [1.29, 1.82) is 0 Å². The molecule has 6 rings (SSSR count). The predicted octanol–water partition coefficient (Wildman–Crippen LogP) is 4.32. The molecular formula is C28H22ClN5O2S2. The number of para-hydroxylation sites is 2. The first-order valence-corrected chi connectivity index (χ1v) is 14.0. The number of halogens is 1. The van der Waals surface area contributed by atoms with Gasteiger partial charge >= 0.3 is 0 Å². The number of hydrazine groups is 1. The van der Waals surface area contributed by atoms with E-state index in [2.05, 4.69) is 5.43 Å². The molecule has 2 aliphatic heterocycles. The summed E-state index contributed by atoms with van der Waals surface area (Å²) >= 11 is 9.08. The number of aliphatic imine (C=N–C) groups is 1. The van der Waals surface area contributed by atoms with Crippen LogP contribution in [0.2, 0.25) is 5.02 Å². The Bertz CT molecular complexity index is 1780. The fraction of sp³-hybridized carbons (Fsp3) is 0.107. The SMILES string of the molecule is CCn1c(=C2C(=O)N(c3ccccc3)NC2=Nc2ccccc2)s/c(=C2\Sc3ccc(Cl)cc3N2C)c1=O. The van der Waals surface area contributed by atoms with Crippen LogP contribution >= 0.6 is 34.7 Å². The number of rotatable bonds is 3. The van der Waals surface area contributed by atoms with E-state index >= 15 is 0 Å². The molecular weight excluding hydrogens is 538 g/mol. The highest BCUT2D eigenvalue weighted by Gasteiger charge is 2.35. The van der Waals surface area contributed by atoms with Crippen LogP contribution in [0.1, 0.15) is 6.92 Å². The molecule has 0 spiro atoms. The average molecular weight is 560 g/mol. The van der Waals surface area contributed by atoms with Gasteiger partial charge in [0, 0.05) is 23.5 Å². The van der Waals surface area contributed by atoms with E-state index in [1.54, 1.807) is 4.57 Å². The van der Waals surface area contributed by atoms with Gasteiger partial charge in [0.25, 0.3) is 11.5 Å². The minimum Gasteiger partial charge on any atom is -0.337 e. The lowest BCUT2D eigenvalue weighted by molar-refractivity contribution is -0.113. The number of amidine groups is 1. The van der Waals surface area contributed by atoms with Crippen LogP contribution in [0.3, 0.4) is 0 Å². The molecule has 1 fully saturated rings. The number of hydrogen-bond donors (Lipinski definition) is 1. The van der Waals surface area contributed by atoms with E-state index in [0.29, 0.717) is 43.5 Å². The molecule has 3 heterocycles. The second kappa shape index (κ2) is 9.83. The molecule has 0 radical (unpaired) electrons. The van der Waals surface area contributed by atoms with E-state index in [-0.39, 0.29) is 11.5 Å². The molecule has 0 atom stereocenters. The molecule has 0 aliphatic carbocycles. The highest BCUT2D eigenvalue weighted by Crippen LogP contribution is 2.46. The number of nitrogens with zero attached hydrogens (tertiary/aromatic N) is 4. The van der Waals surface area contributed by atoms with E-state index in [9.17, 15) is 9.59 Å². The number of thiazole rings is 1. The quantitative estimate of drug-likeness (QED) is 0.405. The first-order valence-electron chi connectivity index (χ1n) is 12.0. The van der Waals surface area contributed by atoms with Gasteiger partial charge in [0.1, 0.15) is 19.8 Å². The van der Waals surface area contributed by atoms with E-state index in [0.717, 1.165) is 15.6 Å². The number of thioether (sulfide) groups is 1. The number of amides is 1. The Balaban J connectivity index is 1.61. The van der Waals surface area contributed by atoms with Crippen molar-refractivity contribution < 1.29 is 4.79 Å². The summed E-state index contributed by atoms with van der Waals surface area (Å²) in [5.41, 5.74) is 5.73. The third-order valence-corrected chi connectivity index (χ3v) is 9.07. The molecule has 2 aliphatic rings. The third-order valence-electron chi connectivity index (χ3n) is 6.28. The van der Waals surface area contributed by atoms with Crippen LogP contribution in [0.5, 0.6) is 0 Å². The Labute approximate surface area is 232 Å². The van der Waals surface area contributed by atoms with E-state index in [1.807, 2.05) is 97.7 Å². The van der Waals surface area contributed by atoms with Gasteiger partial charge in [0.05, 0.1) is 17.1 Å². The number of carbonyl (C=O) groups is 1. The maximum atomic E-state index is 13.9. The van der Waals surface area contributed by atoms with Gasteiger partial charge in [-0.25, -0.2) is 10.0 Å². The first-order chi connectivity index (χ1) is 18.5. The van der Waals surface area contributed by atoms with Crippen molar-refractivity contribution in [1.82, 2.24) is 9.99 Å². The Morgan fingerprint density at radius 2 is 1.68 bits per heavy atom. The highest BCUT2D eigenvalue weighted by molar-refractivity contribution is 8.08. The Morgan fingerprint density at radius 3 is 2.39 bits per heavy atom. The summed E-state index contributed by atoms with van der Waals surface area (Å²) in [6, 6.07) is 24.5. The summed E-state index contributed by atoms with van der Waals surface area (Å²) in [6.45, 7) is 2.31. The maximum absolute atomic E-state index is 13.9. The molecule has 190 valence electrons. The number of fused-ring (bicyclic) bond motifs is 1. The molecule has 7 nitrogen and oxygen atoms in total. The van der Waals surface area contributed by atoms with Crippen LogP contribution in [0.4, 0.5) is 17.1 Å². The van der Waals surface area contributed by atoms with Crippen molar-refractivity contribution in [2.24, 2.45) is 4.99 Å². The molecule has 3 aromatic carbocycles. The Hall–Kier alpha value is -3.79. The molecule has 4 aromatic rings. The summed E-state index contributed by atoms with van der Waals surface area (Å²) in [6.07, 6.45) is 0. The molecule has 1 N–H and O–H groups in total. The van der Waals surface area contributed by atoms with E-state index in [1.165, 1.54) is 28.1 Å². The second-order valence-electron chi connectivity index (χ2n) is 8.62. The van der Waals surface area contributed by atoms with E-state index in [4.69, 9.17) is 16.6 Å². The van der Waals surface area contributed by atoms with Crippen LogP contribution < -0.4 is 30.1 Å². The summed E-state index contributed by atoms with van der Waals surface area (Å²) in [5.74, 6) is 0.126. The average Bonchev–Trinajstić information content (AvgIpc) is 3.55. The van der Waals surface area contributed by atoms with Gasteiger partial charge < -0.3 is 4.90 Å². The zero-order valence-electron chi connectivity index (χ0n) is 20.5. The Kier molecular flexibility index (Phi) is 6.35. The molecule has 38 heavy (non-hydrogen) atoms. The lowest BCUT2D eigenvalue weighted by Crippen LogP contribution is -2.35. The van der Waals surface area contributed by atoms with Crippen molar-refractivity contribution in [3.05, 3.63) is 103 Å². The second-order valence-corrected chi connectivity index (χ2v) is 11.1.